The smallest absolute Gasteiger partial charge is 0.255 e. The number of ether oxygens (including phenoxy) is 2. The van der Waals surface area contributed by atoms with Crippen LogP contribution in [0.25, 0.3) is 0 Å². The van der Waals surface area contributed by atoms with Crippen molar-refractivity contribution in [2.75, 3.05) is 17.4 Å². The number of anilines is 3. The highest BCUT2D eigenvalue weighted by molar-refractivity contribution is 6.04. The van der Waals surface area contributed by atoms with Crippen LogP contribution in [0.1, 0.15) is 21.5 Å². The second-order valence-corrected chi connectivity index (χ2v) is 6.38. The lowest BCUT2D eigenvalue weighted by Crippen LogP contribution is -2.12. The first-order valence-electron chi connectivity index (χ1n) is 8.60. The second-order valence-electron chi connectivity index (χ2n) is 6.38. The van der Waals surface area contributed by atoms with Crippen LogP contribution in [0.15, 0.2) is 54.7 Å². The van der Waals surface area contributed by atoms with Crippen molar-refractivity contribution in [2.24, 2.45) is 0 Å². The topological polar surface area (TPSA) is 72.5 Å². The minimum Gasteiger partial charge on any atom is -0.454 e. The average molecular weight is 361 g/mol. The predicted molar refractivity (Wildman–Crippen MR) is 104 cm³/mol. The van der Waals surface area contributed by atoms with Crippen LogP contribution in [0.4, 0.5) is 17.2 Å². The van der Waals surface area contributed by atoms with E-state index in [0.29, 0.717) is 28.6 Å². The van der Waals surface area contributed by atoms with E-state index in [1.54, 1.807) is 36.5 Å². The Kier molecular flexibility index (Phi) is 4.38. The van der Waals surface area contributed by atoms with E-state index in [9.17, 15) is 4.79 Å². The summed E-state index contributed by atoms with van der Waals surface area (Å²) in [6, 6.07) is 14.8. The lowest BCUT2D eigenvalue weighted by molar-refractivity contribution is 0.102. The van der Waals surface area contributed by atoms with E-state index < -0.39 is 0 Å². The van der Waals surface area contributed by atoms with E-state index in [1.165, 1.54) is 11.1 Å². The van der Waals surface area contributed by atoms with Crippen molar-refractivity contribution < 1.29 is 14.3 Å². The molecule has 136 valence electrons. The SMILES string of the molecule is Cc1ccc(Nc2cc(C(=O)Nc3ccc4c(c3)OCO4)ccn2)cc1C. The van der Waals surface area contributed by atoms with Crippen molar-refractivity contribution in [1.82, 2.24) is 4.98 Å². The molecule has 1 aliphatic heterocycles. The molecular formula is C21H19N3O3. The van der Waals surface area contributed by atoms with Crippen LogP contribution in [-0.4, -0.2) is 17.7 Å². The summed E-state index contributed by atoms with van der Waals surface area (Å²) in [4.78, 5) is 16.9. The number of benzene rings is 2. The standard InChI is InChI=1S/C21H19N3O3/c1-13-3-4-16(9-14(13)2)23-20-10-15(7-8-22-20)21(25)24-17-5-6-18-19(11-17)27-12-26-18/h3-11H,12H2,1-2H3,(H,22,23)(H,24,25). The van der Waals surface area contributed by atoms with Crippen molar-refractivity contribution in [3.63, 3.8) is 0 Å². The molecule has 2 N–H and O–H groups in total. The van der Waals surface area contributed by atoms with Gasteiger partial charge in [-0.15, -0.1) is 0 Å². The summed E-state index contributed by atoms with van der Waals surface area (Å²) in [6.07, 6.45) is 1.61. The molecule has 0 radical (unpaired) electrons. The fraction of sp³-hybridized carbons (Fsp3) is 0.143. The number of fused-ring (bicyclic) bond motifs is 1. The van der Waals surface area contributed by atoms with Crippen LogP contribution in [0, 0.1) is 13.8 Å². The highest BCUT2D eigenvalue weighted by atomic mass is 16.7. The molecule has 27 heavy (non-hydrogen) atoms. The van der Waals surface area contributed by atoms with Gasteiger partial charge in [0.15, 0.2) is 11.5 Å². The zero-order valence-corrected chi connectivity index (χ0v) is 15.1. The Morgan fingerprint density at radius 1 is 0.926 bits per heavy atom. The monoisotopic (exact) mass is 361 g/mol. The molecule has 2 heterocycles. The van der Waals surface area contributed by atoms with Crippen LogP contribution >= 0.6 is 0 Å². The van der Waals surface area contributed by atoms with Crippen LogP contribution < -0.4 is 20.1 Å². The number of hydrogen-bond acceptors (Lipinski definition) is 5. The fourth-order valence-corrected chi connectivity index (χ4v) is 2.78. The van der Waals surface area contributed by atoms with Gasteiger partial charge in [-0.3, -0.25) is 4.79 Å². The van der Waals surface area contributed by atoms with Gasteiger partial charge in [0.05, 0.1) is 0 Å². The number of hydrogen-bond donors (Lipinski definition) is 2. The molecule has 1 aromatic heterocycles. The molecule has 0 spiro atoms. The van der Waals surface area contributed by atoms with Crippen LogP contribution in [-0.2, 0) is 0 Å². The number of amides is 1. The van der Waals surface area contributed by atoms with Crippen molar-refractivity contribution in [3.05, 3.63) is 71.4 Å². The quantitative estimate of drug-likeness (QED) is 0.719. The molecule has 0 saturated heterocycles. The third-order valence-corrected chi connectivity index (χ3v) is 4.43. The maximum Gasteiger partial charge on any atom is 0.255 e. The van der Waals surface area contributed by atoms with E-state index in [1.807, 2.05) is 12.1 Å². The van der Waals surface area contributed by atoms with Gasteiger partial charge in [-0.2, -0.15) is 0 Å². The molecule has 1 aliphatic rings. The molecule has 3 aromatic rings. The number of carbonyl (C=O) groups is 1. The molecule has 0 saturated carbocycles. The number of aromatic nitrogens is 1. The van der Waals surface area contributed by atoms with Crippen molar-refractivity contribution in [2.45, 2.75) is 13.8 Å². The number of pyridine rings is 1. The number of rotatable bonds is 4. The molecule has 1 amide bonds. The fourth-order valence-electron chi connectivity index (χ4n) is 2.78. The molecule has 0 bridgehead atoms. The number of aryl methyl sites for hydroxylation is 2. The predicted octanol–water partition coefficient (Wildman–Crippen LogP) is 4.42. The van der Waals surface area contributed by atoms with E-state index in [2.05, 4.69) is 35.5 Å². The van der Waals surface area contributed by atoms with Gasteiger partial charge >= 0.3 is 0 Å². The Labute approximate surface area is 157 Å². The second kappa shape index (κ2) is 6.99. The van der Waals surface area contributed by atoms with Gasteiger partial charge in [-0.25, -0.2) is 4.98 Å². The summed E-state index contributed by atoms with van der Waals surface area (Å²) in [7, 11) is 0. The Morgan fingerprint density at radius 3 is 2.59 bits per heavy atom. The number of nitrogens with one attached hydrogen (secondary N) is 2. The molecule has 4 rings (SSSR count). The van der Waals surface area contributed by atoms with Gasteiger partial charge in [0.1, 0.15) is 5.82 Å². The Hall–Kier alpha value is -3.54. The highest BCUT2D eigenvalue weighted by Crippen LogP contribution is 2.34. The third kappa shape index (κ3) is 3.69. The first-order valence-corrected chi connectivity index (χ1v) is 8.60. The summed E-state index contributed by atoms with van der Waals surface area (Å²) in [5.41, 5.74) is 4.50. The van der Waals surface area contributed by atoms with Crippen molar-refractivity contribution in [3.8, 4) is 11.5 Å². The molecule has 0 atom stereocenters. The maximum atomic E-state index is 12.6. The molecule has 0 fully saturated rings. The van der Waals surface area contributed by atoms with Crippen molar-refractivity contribution in [1.29, 1.82) is 0 Å². The van der Waals surface area contributed by atoms with E-state index in [4.69, 9.17) is 9.47 Å². The van der Waals surface area contributed by atoms with Gasteiger partial charge in [-0.1, -0.05) is 6.07 Å². The molecule has 6 heteroatoms. The summed E-state index contributed by atoms with van der Waals surface area (Å²) < 4.78 is 10.6. The lowest BCUT2D eigenvalue weighted by atomic mass is 10.1. The largest absolute Gasteiger partial charge is 0.454 e. The van der Waals surface area contributed by atoms with Gasteiger partial charge < -0.3 is 20.1 Å². The minimum absolute atomic E-state index is 0.199. The van der Waals surface area contributed by atoms with Crippen molar-refractivity contribution >= 4 is 23.1 Å². The minimum atomic E-state index is -0.223. The zero-order chi connectivity index (χ0) is 18.8. The number of carbonyl (C=O) groups excluding carboxylic acids is 1. The Morgan fingerprint density at radius 2 is 1.74 bits per heavy atom. The molecule has 0 aliphatic carbocycles. The molecule has 0 unspecified atom stereocenters. The summed E-state index contributed by atoms with van der Waals surface area (Å²) in [5.74, 6) is 1.69. The first kappa shape index (κ1) is 16.9. The van der Waals surface area contributed by atoms with E-state index in [-0.39, 0.29) is 12.7 Å². The molecular weight excluding hydrogens is 342 g/mol. The van der Waals surface area contributed by atoms with Gasteiger partial charge in [0, 0.05) is 29.2 Å². The number of nitrogens with zero attached hydrogens (tertiary/aromatic N) is 1. The molecule has 2 aromatic carbocycles. The van der Waals surface area contributed by atoms with Crippen LogP contribution in [0.2, 0.25) is 0 Å². The Balaban J connectivity index is 1.49. The zero-order valence-electron chi connectivity index (χ0n) is 15.1. The first-order chi connectivity index (χ1) is 13.1. The summed E-state index contributed by atoms with van der Waals surface area (Å²) in [5, 5.41) is 6.10. The normalized spacial score (nSPS) is 11.9. The van der Waals surface area contributed by atoms with Crippen LogP contribution in [0.5, 0.6) is 11.5 Å². The molecule has 6 nitrogen and oxygen atoms in total. The Bertz CT molecular complexity index is 1020. The van der Waals surface area contributed by atoms with Gasteiger partial charge in [-0.05, 0) is 61.4 Å². The van der Waals surface area contributed by atoms with Gasteiger partial charge in [0.25, 0.3) is 5.91 Å². The van der Waals surface area contributed by atoms with E-state index >= 15 is 0 Å². The average Bonchev–Trinajstić information content (AvgIpc) is 3.13. The van der Waals surface area contributed by atoms with Gasteiger partial charge in [0.2, 0.25) is 6.79 Å². The third-order valence-electron chi connectivity index (χ3n) is 4.43. The summed E-state index contributed by atoms with van der Waals surface area (Å²) >= 11 is 0. The van der Waals surface area contributed by atoms with Crippen LogP contribution in [0.3, 0.4) is 0 Å². The maximum absolute atomic E-state index is 12.6. The highest BCUT2D eigenvalue weighted by Gasteiger charge is 2.15. The summed E-state index contributed by atoms with van der Waals surface area (Å²) in [6.45, 7) is 4.33. The lowest BCUT2D eigenvalue weighted by Gasteiger charge is -2.10. The van der Waals surface area contributed by atoms with E-state index in [0.717, 1.165) is 5.69 Å².